The molecule has 1 heterocycles. The minimum atomic E-state index is -0.901. The Hall–Kier alpha value is -1.77. The van der Waals surface area contributed by atoms with Crippen LogP contribution in [0.5, 0.6) is 0 Å². The monoisotopic (exact) mass is 399 g/mol. The standard InChI is InChI=1S/C17H22ClN3O4S/c1-26-6-5-13(10-22)19-15(23)8-14-16(24)21(17(25)20-14)9-11-3-2-4-12(18)7-11/h2-4,7,13-14,22H,5-6,8-10H2,1H3,(H,19,23)(H,20,25)/t13-,14-/m1/s1. The molecule has 0 aliphatic carbocycles. The molecule has 2 atom stereocenters. The van der Waals surface area contributed by atoms with E-state index in [2.05, 4.69) is 10.6 Å². The zero-order valence-electron chi connectivity index (χ0n) is 14.4. The lowest BCUT2D eigenvalue weighted by Gasteiger charge is -2.17. The molecule has 0 spiro atoms. The van der Waals surface area contributed by atoms with Crippen molar-refractivity contribution in [1.82, 2.24) is 15.5 Å². The number of hydrogen-bond donors (Lipinski definition) is 3. The van der Waals surface area contributed by atoms with Crippen LogP contribution in [0.3, 0.4) is 0 Å². The quantitative estimate of drug-likeness (QED) is 0.545. The number of aliphatic hydroxyl groups excluding tert-OH is 1. The van der Waals surface area contributed by atoms with Crippen molar-refractivity contribution in [2.75, 3.05) is 18.6 Å². The fourth-order valence-corrected chi connectivity index (χ4v) is 3.36. The molecule has 1 saturated heterocycles. The maximum atomic E-state index is 12.4. The maximum absolute atomic E-state index is 12.4. The van der Waals surface area contributed by atoms with Crippen LogP contribution in [0.1, 0.15) is 18.4 Å². The van der Waals surface area contributed by atoms with Crippen molar-refractivity contribution in [3.63, 3.8) is 0 Å². The number of urea groups is 1. The van der Waals surface area contributed by atoms with Crippen molar-refractivity contribution in [3.05, 3.63) is 34.9 Å². The molecule has 2 rings (SSSR count). The Morgan fingerprint density at radius 1 is 1.46 bits per heavy atom. The largest absolute Gasteiger partial charge is 0.394 e. The van der Waals surface area contributed by atoms with E-state index in [0.717, 1.165) is 16.2 Å². The molecular weight excluding hydrogens is 378 g/mol. The molecule has 0 unspecified atom stereocenters. The van der Waals surface area contributed by atoms with E-state index in [4.69, 9.17) is 11.6 Å². The summed E-state index contributed by atoms with van der Waals surface area (Å²) in [5.74, 6) is -0.0268. The van der Waals surface area contributed by atoms with Gasteiger partial charge in [-0.25, -0.2) is 4.79 Å². The van der Waals surface area contributed by atoms with Gasteiger partial charge in [0, 0.05) is 5.02 Å². The highest BCUT2D eigenvalue weighted by Gasteiger charge is 2.39. The number of halogens is 1. The van der Waals surface area contributed by atoms with Crippen molar-refractivity contribution in [3.8, 4) is 0 Å². The lowest BCUT2D eigenvalue weighted by atomic mass is 10.1. The molecule has 0 bridgehead atoms. The molecule has 142 valence electrons. The first kappa shape index (κ1) is 20.5. The average molecular weight is 400 g/mol. The van der Waals surface area contributed by atoms with Crippen LogP contribution in [-0.4, -0.2) is 58.6 Å². The Kier molecular flexibility index (Phi) is 7.74. The van der Waals surface area contributed by atoms with Crippen LogP contribution in [0.2, 0.25) is 5.02 Å². The van der Waals surface area contributed by atoms with Gasteiger partial charge in [0.05, 0.1) is 25.6 Å². The molecular formula is C17H22ClN3O4S. The van der Waals surface area contributed by atoms with Gasteiger partial charge in [-0.15, -0.1) is 0 Å². The highest BCUT2D eigenvalue weighted by molar-refractivity contribution is 7.98. The highest BCUT2D eigenvalue weighted by Crippen LogP contribution is 2.17. The summed E-state index contributed by atoms with van der Waals surface area (Å²) in [7, 11) is 0. The van der Waals surface area contributed by atoms with Gasteiger partial charge in [-0.1, -0.05) is 23.7 Å². The second-order valence-corrected chi connectivity index (χ2v) is 7.41. The summed E-state index contributed by atoms with van der Waals surface area (Å²) in [5.41, 5.74) is 0.725. The van der Waals surface area contributed by atoms with Gasteiger partial charge < -0.3 is 15.7 Å². The first-order valence-corrected chi connectivity index (χ1v) is 9.97. The van der Waals surface area contributed by atoms with Crippen molar-refractivity contribution >= 4 is 41.2 Å². The maximum Gasteiger partial charge on any atom is 0.325 e. The van der Waals surface area contributed by atoms with Crippen molar-refractivity contribution in [1.29, 1.82) is 0 Å². The number of amides is 4. The predicted molar refractivity (Wildman–Crippen MR) is 101 cm³/mol. The molecule has 1 aromatic carbocycles. The topological polar surface area (TPSA) is 98.7 Å². The SMILES string of the molecule is CSCC[C@H](CO)NC(=O)C[C@H]1NC(=O)N(Cc2cccc(Cl)c2)C1=O. The highest BCUT2D eigenvalue weighted by atomic mass is 35.5. The minimum absolute atomic E-state index is 0.0936. The van der Waals surface area contributed by atoms with Crippen molar-refractivity contribution < 1.29 is 19.5 Å². The van der Waals surface area contributed by atoms with Gasteiger partial charge in [0.15, 0.2) is 0 Å². The van der Waals surface area contributed by atoms with Gasteiger partial charge in [0.1, 0.15) is 6.04 Å². The number of nitrogens with one attached hydrogen (secondary N) is 2. The third-order valence-electron chi connectivity index (χ3n) is 3.98. The Bertz CT molecular complexity index is 673. The number of hydrogen-bond acceptors (Lipinski definition) is 5. The van der Waals surface area contributed by atoms with Gasteiger partial charge in [-0.2, -0.15) is 11.8 Å². The fourth-order valence-electron chi connectivity index (χ4n) is 2.62. The summed E-state index contributed by atoms with van der Waals surface area (Å²) >= 11 is 7.54. The number of nitrogens with zero attached hydrogens (tertiary/aromatic N) is 1. The number of rotatable bonds is 9. The summed E-state index contributed by atoms with van der Waals surface area (Å²) in [6.45, 7) is -0.0749. The zero-order chi connectivity index (χ0) is 19.1. The van der Waals surface area contributed by atoms with E-state index in [1.807, 2.05) is 6.26 Å². The summed E-state index contributed by atoms with van der Waals surface area (Å²) in [5, 5.41) is 15.0. The van der Waals surface area contributed by atoms with Crippen LogP contribution in [0, 0.1) is 0 Å². The second-order valence-electron chi connectivity index (χ2n) is 5.99. The molecule has 4 amide bonds. The van der Waals surface area contributed by atoms with E-state index in [9.17, 15) is 19.5 Å². The number of carbonyl (C=O) groups excluding carboxylic acids is 3. The third-order valence-corrected chi connectivity index (χ3v) is 4.86. The van der Waals surface area contributed by atoms with Gasteiger partial charge in [0.2, 0.25) is 5.91 Å². The van der Waals surface area contributed by atoms with Crippen LogP contribution in [0.25, 0.3) is 0 Å². The van der Waals surface area contributed by atoms with Crippen LogP contribution in [0.4, 0.5) is 4.79 Å². The Balaban J connectivity index is 1.92. The first-order valence-electron chi connectivity index (χ1n) is 8.20. The summed E-state index contributed by atoms with van der Waals surface area (Å²) in [6.07, 6.45) is 2.42. The van der Waals surface area contributed by atoms with Gasteiger partial charge in [-0.05, 0) is 36.1 Å². The van der Waals surface area contributed by atoms with Crippen molar-refractivity contribution in [2.24, 2.45) is 0 Å². The van der Waals surface area contributed by atoms with Crippen LogP contribution in [0.15, 0.2) is 24.3 Å². The first-order chi connectivity index (χ1) is 12.4. The number of benzene rings is 1. The minimum Gasteiger partial charge on any atom is -0.394 e. The normalized spacial score (nSPS) is 18.0. The lowest BCUT2D eigenvalue weighted by Crippen LogP contribution is -2.42. The molecule has 1 aliphatic rings. The molecule has 0 saturated carbocycles. The molecule has 7 nitrogen and oxygen atoms in total. The predicted octanol–water partition coefficient (Wildman–Crippen LogP) is 1.38. The second kappa shape index (κ2) is 9.80. The van der Waals surface area contributed by atoms with Gasteiger partial charge in [-0.3, -0.25) is 14.5 Å². The number of imide groups is 1. The van der Waals surface area contributed by atoms with E-state index in [0.29, 0.717) is 11.4 Å². The summed E-state index contributed by atoms with van der Waals surface area (Å²) < 4.78 is 0. The van der Waals surface area contributed by atoms with E-state index in [1.54, 1.807) is 36.0 Å². The average Bonchev–Trinajstić information content (AvgIpc) is 2.86. The molecule has 26 heavy (non-hydrogen) atoms. The van der Waals surface area contributed by atoms with E-state index >= 15 is 0 Å². The molecule has 9 heteroatoms. The molecule has 1 fully saturated rings. The number of thioether (sulfide) groups is 1. The van der Waals surface area contributed by atoms with E-state index in [1.165, 1.54) is 0 Å². The van der Waals surface area contributed by atoms with E-state index < -0.39 is 18.0 Å². The Morgan fingerprint density at radius 3 is 2.88 bits per heavy atom. The lowest BCUT2D eigenvalue weighted by molar-refractivity contribution is -0.131. The fraction of sp³-hybridized carbons (Fsp3) is 0.471. The molecule has 1 aromatic rings. The Morgan fingerprint density at radius 2 is 2.23 bits per heavy atom. The number of carbonyl (C=O) groups is 3. The van der Waals surface area contributed by atoms with Gasteiger partial charge in [0.25, 0.3) is 5.91 Å². The molecule has 3 N–H and O–H groups in total. The van der Waals surface area contributed by atoms with Crippen molar-refractivity contribution in [2.45, 2.75) is 31.5 Å². The molecule has 0 aromatic heterocycles. The van der Waals surface area contributed by atoms with Crippen LogP contribution in [-0.2, 0) is 16.1 Å². The molecule has 1 aliphatic heterocycles. The summed E-state index contributed by atoms with van der Waals surface area (Å²) in [6, 6.07) is 5.10. The third kappa shape index (κ3) is 5.62. The van der Waals surface area contributed by atoms with Crippen LogP contribution >= 0.6 is 23.4 Å². The smallest absolute Gasteiger partial charge is 0.325 e. The zero-order valence-corrected chi connectivity index (χ0v) is 16.0. The van der Waals surface area contributed by atoms with Gasteiger partial charge >= 0.3 is 6.03 Å². The molecule has 0 radical (unpaired) electrons. The summed E-state index contributed by atoms with van der Waals surface area (Å²) in [4.78, 5) is 37.7. The number of aliphatic hydroxyl groups is 1. The van der Waals surface area contributed by atoms with E-state index in [-0.39, 0.29) is 31.5 Å². The Labute approximate surface area is 161 Å². The van der Waals surface area contributed by atoms with Crippen LogP contribution < -0.4 is 10.6 Å².